The Bertz CT molecular complexity index is 395. The first-order valence-corrected chi connectivity index (χ1v) is 6.57. The van der Waals surface area contributed by atoms with Gasteiger partial charge in [0.25, 0.3) is 0 Å². The van der Waals surface area contributed by atoms with Crippen molar-refractivity contribution in [2.24, 2.45) is 0 Å². The quantitative estimate of drug-likeness (QED) is 0.805. The van der Waals surface area contributed by atoms with Gasteiger partial charge in [0.05, 0.1) is 13.0 Å². The molecule has 0 aromatic heterocycles. The highest BCUT2D eigenvalue weighted by Crippen LogP contribution is 2.18. The van der Waals surface area contributed by atoms with Crippen LogP contribution in [0.5, 0.6) is 0 Å². The molecule has 0 saturated heterocycles. The van der Waals surface area contributed by atoms with Crippen LogP contribution in [0.3, 0.4) is 0 Å². The van der Waals surface area contributed by atoms with E-state index in [1.54, 1.807) is 0 Å². The Labute approximate surface area is 113 Å². The Kier molecular flexibility index (Phi) is 6.16. The van der Waals surface area contributed by atoms with E-state index in [-0.39, 0.29) is 18.1 Å². The lowest BCUT2D eigenvalue weighted by Crippen LogP contribution is -2.31. The van der Waals surface area contributed by atoms with Gasteiger partial charge < -0.3 is 10.1 Å². The zero-order chi connectivity index (χ0) is 13.5. The molecule has 4 heteroatoms. The molecule has 1 aromatic carbocycles. The van der Waals surface area contributed by atoms with Crippen LogP contribution < -0.4 is 5.32 Å². The molecule has 2 atom stereocenters. The van der Waals surface area contributed by atoms with E-state index in [9.17, 15) is 4.79 Å². The Balaban J connectivity index is 2.49. The number of ether oxygens (including phenoxy) is 1. The van der Waals surface area contributed by atoms with Crippen LogP contribution in [0.15, 0.2) is 24.3 Å². The fourth-order valence-electron chi connectivity index (χ4n) is 1.83. The Morgan fingerprint density at radius 3 is 2.78 bits per heavy atom. The van der Waals surface area contributed by atoms with E-state index < -0.39 is 0 Å². The van der Waals surface area contributed by atoms with Gasteiger partial charge in [0.2, 0.25) is 0 Å². The van der Waals surface area contributed by atoms with Gasteiger partial charge in [0.15, 0.2) is 0 Å². The standard InChI is InChI=1S/C14H20ClNO2/c1-4-18-14(17)8-10(2)16-11(3)12-6-5-7-13(15)9-12/h5-7,9-11,16H,4,8H2,1-3H3/t10?,11-/m0/s1. The van der Waals surface area contributed by atoms with Crippen molar-refractivity contribution in [3.8, 4) is 0 Å². The molecule has 0 fully saturated rings. The lowest BCUT2D eigenvalue weighted by Gasteiger charge is -2.20. The van der Waals surface area contributed by atoms with Gasteiger partial charge in [0, 0.05) is 17.1 Å². The summed E-state index contributed by atoms with van der Waals surface area (Å²) in [6.07, 6.45) is 0.374. The molecule has 1 unspecified atom stereocenters. The molecule has 0 aliphatic rings. The van der Waals surface area contributed by atoms with Crippen LogP contribution in [0, 0.1) is 0 Å². The summed E-state index contributed by atoms with van der Waals surface area (Å²) in [4.78, 5) is 11.3. The largest absolute Gasteiger partial charge is 0.466 e. The van der Waals surface area contributed by atoms with Crippen molar-refractivity contribution < 1.29 is 9.53 Å². The van der Waals surface area contributed by atoms with Crippen LogP contribution in [0.2, 0.25) is 5.02 Å². The number of hydrogen-bond acceptors (Lipinski definition) is 3. The van der Waals surface area contributed by atoms with Gasteiger partial charge in [-0.2, -0.15) is 0 Å². The van der Waals surface area contributed by atoms with E-state index in [1.807, 2.05) is 45.0 Å². The average Bonchev–Trinajstić information content (AvgIpc) is 2.28. The van der Waals surface area contributed by atoms with Gasteiger partial charge in [-0.05, 0) is 38.5 Å². The first kappa shape index (κ1) is 15.0. The summed E-state index contributed by atoms with van der Waals surface area (Å²) in [5, 5.41) is 4.07. The first-order chi connectivity index (χ1) is 8.52. The van der Waals surface area contributed by atoms with E-state index in [0.29, 0.717) is 13.0 Å². The van der Waals surface area contributed by atoms with E-state index in [1.165, 1.54) is 0 Å². The predicted octanol–water partition coefficient (Wildman–Crippen LogP) is 3.33. The zero-order valence-electron chi connectivity index (χ0n) is 11.1. The molecule has 0 aliphatic carbocycles. The minimum absolute atomic E-state index is 0.0676. The van der Waals surface area contributed by atoms with Crippen molar-refractivity contribution in [3.05, 3.63) is 34.9 Å². The molecular weight excluding hydrogens is 250 g/mol. The fraction of sp³-hybridized carbons (Fsp3) is 0.500. The monoisotopic (exact) mass is 269 g/mol. The molecule has 0 heterocycles. The second-order valence-corrected chi connectivity index (χ2v) is 4.79. The molecule has 0 saturated carbocycles. The van der Waals surface area contributed by atoms with E-state index in [0.717, 1.165) is 10.6 Å². The molecular formula is C14H20ClNO2. The normalized spacial score (nSPS) is 14.0. The first-order valence-electron chi connectivity index (χ1n) is 6.20. The average molecular weight is 270 g/mol. The predicted molar refractivity (Wildman–Crippen MR) is 73.7 cm³/mol. The molecule has 1 rings (SSSR count). The summed E-state index contributed by atoms with van der Waals surface area (Å²) in [5.41, 5.74) is 1.11. The number of hydrogen-bond donors (Lipinski definition) is 1. The number of carbonyl (C=O) groups is 1. The van der Waals surface area contributed by atoms with Crippen LogP contribution in [0.25, 0.3) is 0 Å². The van der Waals surface area contributed by atoms with E-state index in [4.69, 9.17) is 16.3 Å². The third-order valence-corrected chi connectivity index (χ3v) is 2.90. The van der Waals surface area contributed by atoms with Crippen LogP contribution >= 0.6 is 11.6 Å². The summed E-state index contributed by atoms with van der Waals surface area (Å²) >= 11 is 5.95. The van der Waals surface area contributed by atoms with Crippen LogP contribution in [-0.2, 0) is 9.53 Å². The maximum Gasteiger partial charge on any atom is 0.307 e. The summed E-state index contributed by atoms with van der Waals surface area (Å²) in [7, 11) is 0. The molecule has 1 N–H and O–H groups in total. The third kappa shape index (κ3) is 5.07. The maximum atomic E-state index is 11.3. The Morgan fingerprint density at radius 2 is 2.17 bits per heavy atom. The van der Waals surface area contributed by atoms with Gasteiger partial charge >= 0.3 is 5.97 Å². The van der Waals surface area contributed by atoms with Crippen LogP contribution in [-0.4, -0.2) is 18.6 Å². The number of benzene rings is 1. The van der Waals surface area contributed by atoms with Gasteiger partial charge in [-0.1, -0.05) is 23.7 Å². The number of carbonyl (C=O) groups excluding carboxylic acids is 1. The SMILES string of the molecule is CCOC(=O)CC(C)N[C@@H](C)c1cccc(Cl)c1. The van der Waals surface area contributed by atoms with Gasteiger partial charge in [0.1, 0.15) is 0 Å². The summed E-state index contributed by atoms with van der Waals surface area (Å²) < 4.78 is 4.92. The lowest BCUT2D eigenvalue weighted by molar-refractivity contribution is -0.143. The zero-order valence-corrected chi connectivity index (χ0v) is 11.8. The van der Waals surface area contributed by atoms with Crippen LogP contribution in [0.1, 0.15) is 38.8 Å². The second kappa shape index (κ2) is 7.39. The highest BCUT2D eigenvalue weighted by Gasteiger charge is 2.13. The summed E-state index contributed by atoms with van der Waals surface area (Å²) in [5.74, 6) is -0.171. The Hall–Kier alpha value is -1.06. The van der Waals surface area contributed by atoms with Crippen molar-refractivity contribution in [1.82, 2.24) is 5.32 Å². The minimum Gasteiger partial charge on any atom is -0.466 e. The van der Waals surface area contributed by atoms with Crippen LogP contribution in [0.4, 0.5) is 0 Å². The summed E-state index contributed by atoms with van der Waals surface area (Å²) in [6.45, 7) is 6.26. The van der Waals surface area contributed by atoms with Crippen molar-refractivity contribution in [3.63, 3.8) is 0 Å². The maximum absolute atomic E-state index is 11.3. The molecule has 0 bridgehead atoms. The van der Waals surface area contributed by atoms with Gasteiger partial charge in [-0.25, -0.2) is 0 Å². The third-order valence-electron chi connectivity index (χ3n) is 2.66. The molecule has 18 heavy (non-hydrogen) atoms. The highest BCUT2D eigenvalue weighted by atomic mass is 35.5. The molecule has 3 nitrogen and oxygen atoms in total. The Morgan fingerprint density at radius 1 is 1.44 bits per heavy atom. The topological polar surface area (TPSA) is 38.3 Å². The van der Waals surface area contributed by atoms with Crippen molar-refractivity contribution in [2.45, 2.75) is 39.3 Å². The molecule has 0 amide bonds. The molecule has 0 aliphatic heterocycles. The van der Waals surface area contributed by atoms with E-state index in [2.05, 4.69) is 5.32 Å². The second-order valence-electron chi connectivity index (χ2n) is 4.35. The van der Waals surface area contributed by atoms with E-state index >= 15 is 0 Å². The van der Waals surface area contributed by atoms with Crippen molar-refractivity contribution in [1.29, 1.82) is 0 Å². The molecule has 1 aromatic rings. The lowest BCUT2D eigenvalue weighted by atomic mass is 10.1. The number of rotatable bonds is 6. The van der Waals surface area contributed by atoms with Gasteiger partial charge in [-0.3, -0.25) is 4.79 Å². The molecule has 0 spiro atoms. The minimum atomic E-state index is -0.171. The number of esters is 1. The molecule has 0 radical (unpaired) electrons. The summed E-state index contributed by atoms with van der Waals surface area (Å²) in [6, 6.07) is 7.92. The smallest absolute Gasteiger partial charge is 0.307 e. The van der Waals surface area contributed by atoms with Crippen molar-refractivity contribution in [2.75, 3.05) is 6.61 Å². The number of nitrogens with one attached hydrogen (secondary N) is 1. The van der Waals surface area contributed by atoms with Crippen molar-refractivity contribution >= 4 is 17.6 Å². The fourth-order valence-corrected chi connectivity index (χ4v) is 2.03. The highest BCUT2D eigenvalue weighted by molar-refractivity contribution is 6.30. The molecule has 100 valence electrons. The number of halogens is 1. The van der Waals surface area contributed by atoms with Gasteiger partial charge in [-0.15, -0.1) is 0 Å².